The summed E-state index contributed by atoms with van der Waals surface area (Å²) in [7, 11) is 0. The second-order valence-electron chi connectivity index (χ2n) is 13.6. The quantitative estimate of drug-likeness (QED) is 0.0885. The first-order chi connectivity index (χ1) is 30.2. The highest BCUT2D eigenvalue weighted by Crippen LogP contribution is 2.25. The fourth-order valence-electron chi connectivity index (χ4n) is 6.20. The summed E-state index contributed by atoms with van der Waals surface area (Å²) >= 11 is 0. The number of benzene rings is 4. The zero-order valence-electron chi connectivity index (χ0n) is 33.2. The van der Waals surface area contributed by atoms with Crippen molar-refractivity contribution in [2.24, 2.45) is 0 Å². The molecule has 4 aromatic carbocycles. The third kappa shape index (κ3) is 11.3. The van der Waals surface area contributed by atoms with E-state index in [2.05, 4.69) is 46.2 Å². The van der Waals surface area contributed by atoms with Gasteiger partial charge in [0, 0.05) is 86.1 Å². The Kier molecular flexibility index (Phi) is 13.6. The molecule has 8 aromatic rings. The SMILES string of the molecule is CCN(Cc1ccccc1)C(=O)c1noc2cc(NC(=O)NCc3ccncc3)ccc12.O=C(NCc1ccncc1)Nc1ccc2cn(-c3cccc(OC(F)F)c3)nc2c1. The maximum absolute atomic E-state index is 13.1. The van der Waals surface area contributed by atoms with Crippen LogP contribution in [0.1, 0.15) is 34.1 Å². The summed E-state index contributed by atoms with van der Waals surface area (Å²) in [5.41, 5.74) is 5.94. The fraction of sp³-hybridized carbons (Fsp3) is 0.133. The van der Waals surface area contributed by atoms with Gasteiger partial charge in [-0.2, -0.15) is 13.9 Å². The number of pyridine rings is 2. The smallest absolute Gasteiger partial charge is 0.387 e. The molecule has 0 bridgehead atoms. The van der Waals surface area contributed by atoms with Gasteiger partial charge in [-0.1, -0.05) is 41.6 Å². The van der Waals surface area contributed by atoms with Crippen molar-refractivity contribution in [3.8, 4) is 11.4 Å². The highest BCUT2D eigenvalue weighted by atomic mass is 19.3. The molecule has 0 radical (unpaired) electrons. The summed E-state index contributed by atoms with van der Waals surface area (Å²) in [5.74, 6) is -0.152. The molecule has 0 atom stereocenters. The highest BCUT2D eigenvalue weighted by molar-refractivity contribution is 6.05. The monoisotopic (exact) mass is 838 g/mol. The molecule has 0 unspecified atom stereocenters. The number of hydrogen-bond donors (Lipinski definition) is 4. The second kappa shape index (κ2) is 20.2. The van der Waals surface area contributed by atoms with Gasteiger partial charge in [0.1, 0.15) is 5.75 Å². The number of rotatable bonds is 13. The molecular weight excluding hydrogens is 799 g/mol. The summed E-state index contributed by atoms with van der Waals surface area (Å²) in [4.78, 5) is 47.0. The molecule has 5 amide bonds. The van der Waals surface area contributed by atoms with Crippen LogP contribution in [-0.2, 0) is 19.6 Å². The van der Waals surface area contributed by atoms with Crippen molar-refractivity contribution in [3.63, 3.8) is 0 Å². The summed E-state index contributed by atoms with van der Waals surface area (Å²) in [6, 6.07) is 33.1. The number of nitrogens with zero attached hydrogens (tertiary/aromatic N) is 6. The molecule has 0 saturated heterocycles. The number of carbonyl (C=O) groups is 3. The number of alkyl halides is 2. The average molecular weight is 839 g/mol. The van der Waals surface area contributed by atoms with Gasteiger partial charge < -0.3 is 35.4 Å². The van der Waals surface area contributed by atoms with Crippen LogP contribution in [0.3, 0.4) is 0 Å². The topological polar surface area (TPSA) is 181 Å². The molecule has 0 spiro atoms. The van der Waals surface area contributed by atoms with Crippen molar-refractivity contribution in [2.45, 2.75) is 33.2 Å². The van der Waals surface area contributed by atoms with Crippen LogP contribution >= 0.6 is 0 Å². The molecule has 0 aliphatic heterocycles. The third-order valence-electron chi connectivity index (χ3n) is 9.29. The molecule has 0 saturated carbocycles. The first-order valence-corrected chi connectivity index (χ1v) is 19.4. The third-order valence-corrected chi connectivity index (χ3v) is 9.29. The average Bonchev–Trinajstić information content (AvgIpc) is 3.92. The Labute approximate surface area is 353 Å². The van der Waals surface area contributed by atoms with E-state index in [9.17, 15) is 23.2 Å². The summed E-state index contributed by atoms with van der Waals surface area (Å²) in [6.45, 7) is 0.820. The van der Waals surface area contributed by atoms with Gasteiger partial charge in [0.25, 0.3) is 5.91 Å². The van der Waals surface area contributed by atoms with Crippen molar-refractivity contribution in [2.75, 3.05) is 17.2 Å². The molecule has 15 nitrogen and oxygen atoms in total. The predicted octanol–water partition coefficient (Wildman–Crippen LogP) is 8.55. The first kappa shape index (κ1) is 41.9. The lowest BCUT2D eigenvalue weighted by molar-refractivity contribution is -0.0498. The Morgan fingerprint density at radius 1 is 0.742 bits per heavy atom. The standard InChI is InChI=1S/C24H23N5O3.C21H17F2N5O2/c1-2-29(16-18-6-4-3-5-7-18)23(30)22-20-9-8-19(14-21(20)32-28-22)27-24(31)26-15-17-10-12-25-13-11-17;22-20(23)30-18-3-1-2-17(11-18)28-13-15-4-5-16(10-19(15)27-28)26-21(29)25-12-14-6-8-24-9-7-14/h3-14H,2,15-16H2,1H3,(H2,26,27,31);1-11,13,20H,12H2,(H2,25,26,29). The van der Waals surface area contributed by atoms with E-state index in [0.717, 1.165) is 22.1 Å². The van der Waals surface area contributed by atoms with Crippen molar-refractivity contribution in [1.82, 2.24) is 40.4 Å². The number of halogens is 2. The van der Waals surface area contributed by atoms with Gasteiger partial charge in [-0.25, -0.2) is 14.3 Å². The molecule has 62 heavy (non-hydrogen) atoms. The number of hydrogen-bond acceptors (Lipinski definition) is 9. The molecule has 4 N–H and O–H groups in total. The maximum atomic E-state index is 13.1. The van der Waals surface area contributed by atoms with E-state index in [1.165, 1.54) is 12.1 Å². The van der Waals surface area contributed by atoms with E-state index in [1.54, 1.807) is 83.0 Å². The van der Waals surface area contributed by atoms with Crippen LogP contribution in [0.5, 0.6) is 5.75 Å². The minimum absolute atomic E-state index is 0.0512. The van der Waals surface area contributed by atoms with Crippen LogP contribution in [0, 0.1) is 0 Å². The van der Waals surface area contributed by atoms with Gasteiger partial charge in [-0.05, 0) is 90.3 Å². The van der Waals surface area contributed by atoms with Crippen molar-refractivity contribution >= 4 is 51.2 Å². The van der Waals surface area contributed by atoms with Gasteiger partial charge in [-0.3, -0.25) is 14.8 Å². The molecule has 8 rings (SSSR count). The second-order valence-corrected chi connectivity index (χ2v) is 13.6. The molecule has 4 aromatic heterocycles. The summed E-state index contributed by atoms with van der Waals surface area (Å²) in [6.07, 6.45) is 8.43. The normalized spacial score (nSPS) is 10.8. The lowest BCUT2D eigenvalue weighted by Crippen LogP contribution is -2.30. The lowest BCUT2D eigenvalue weighted by Gasteiger charge is -2.19. The van der Waals surface area contributed by atoms with Crippen molar-refractivity contribution in [1.29, 1.82) is 0 Å². The van der Waals surface area contributed by atoms with E-state index in [-0.39, 0.29) is 29.4 Å². The van der Waals surface area contributed by atoms with Crippen LogP contribution in [0.25, 0.3) is 27.6 Å². The number of ether oxygens (including phenoxy) is 1. The molecule has 4 heterocycles. The van der Waals surface area contributed by atoms with Gasteiger partial charge >= 0.3 is 18.7 Å². The number of nitrogens with one attached hydrogen (secondary N) is 4. The summed E-state index contributed by atoms with van der Waals surface area (Å²) in [5, 5.41) is 21.0. The molecule has 0 fully saturated rings. The van der Waals surface area contributed by atoms with E-state index in [4.69, 9.17) is 4.52 Å². The minimum atomic E-state index is -2.89. The van der Waals surface area contributed by atoms with Gasteiger partial charge in [0.05, 0.1) is 16.6 Å². The number of urea groups is 2. The van der Waals surface area contributed by atoms with E-state index in [0.29, 0.717) is 59.7 Å². The van der Waals surface area contributed by atoms with Gasteiger partial charge in [0.2, 0.25) is 0 Å². The maximum Gasteiger partial charge on any atom is 0.387 e. The minimum Gasteiger partial charge on any atom is -0.435 e. The Bertz CT molecular complexity index is 2750. The largest absolute Gasteiger partial charge is 0.435 e. The fourth-order valence-corrected chi connectivity index (χ4v) is 6.20. The Hall–Kier alpha value is -8.21. The molecular formula is C45H40F2N10O5. The molecule has 17 heteroatoms. The van der Waals surface area contributed by atoms with Crippen molar-refractivity contribution in [3.05, 3.63) is 169 Å². The first-order valence-electron chi connectivity index (χ1n) is 19.4. The number of aromatic nitrogens is 5. The van der Waals surface area contributed by atoms with E-state index in [1.807, 2.05) is 67.6 Å². The Morgan fingerprint density at radius 3 is 2.03 bits per heavy atom. The molecule has 314 valence electrons. The zero-order chi connectivity index (χ0) is 43.3. The van der Waals surface area contributed by atoms with Crippen LogP contribution in [0.2, 0.25) is 0 Å². The van der Waals surface area contributed by atoms with Crippen LogP contribution in [0.15, 0.2) is 151 Å². The number of fused-ring (bicyclic) bond motifs is 2. The summed E-state index contributed by atoms with van der Waals surface area (Å²) < 4.78 is 36.3. The predicted molar refractivity (Wildman–Crippen MR) is 229 cm³/mol. The zero-order valence-corrected chi connectivity index (χ0v) is 33.2. The van der Waals surface area contributed by atoms with Crippen molar-refractivity contribution < 1.29 is 32.4 Å². The highest BCUT2D eigenvalue weighted by Gasteiger charge is 2.22. The molecule has 0 aliphatic rings. The number of amides is 5. The number of carbonyl (C=O) groups excluding carboxylic acids is 3. The van der Waals surface area contributed by atoms with Crippen LogP contribution in [0.4, 0.5) is 29.7 Å². The van der Waals surface area contributed by atoms with Crippen LogP contribution < -0.4 is 26.0 Å². The number of anilines is 2. The molecule has 0 aliphatic carbocycles. The van der Waals surface area contributed by atoms with E-state index < -0.39 is 6.61 Å². The van der Waals surface area contributed by atoms with Crippen LogP contribution in [-0.4, -0.2) is 60.9 Å². The van der Waals surface area contributed by atoms with Gasteiger partial charge in [0.15, 0.2) is 11.3 Å². The van der Waals surface area contributed by atoms with Gasteiger partial charge in [-0.15, -0.1) is 0 Å². The van der Waals surface area contributed by atoms with E-state index >= 15 is 0 Å². The Balaban J connectivity index is 0.000000187. The lowest BCUT2D eigenvalue weighted by atomic mass is 10.1. The Morgan fingerprint density at radius 2 is 1.39 bits per heavy atom.